The number of hydrogen-bond donors (Lipinski definition) is 1. The molecule has 0 unspecified atom stereocenters. The predicted octanol–water partition coefficient (Wildman–Crippen LogP) is 3.99. The molecular weight excluding hydrogens is 382 g/mol. The van der Waals surface area contributed by atoms with E-state index in [0.29, 0.717) is 23.8 Å². The second-order valence-electron chi connectivity index (χ2n) is 5.59. The maximum absolute atomic E-state index is 12.7. The Kier molecular flexibility index (Phi) is 4.94. The van der Waals surface area contributed by atoms with Crippen LogP contribution < -0.4 is 5.32 Å². The van der Waals surface area contributed by atoms with Crippen LogP contribution in [0.4, 0.5) is 5.69 Å². The van der Waals surface area contributed by atoms with Crippen LogP contribution in [0.25, 0.3) is 11.3 Å². The minimum absolute atomic E-state index is 0.203. The number of anilines is 1. The van der Waals surface area contributed by atoms with Crippen LogP contribution in [-0.4, -0.2) is 25.7 Å². The van der Waals surface area contributed by atoms with E-state index >= 15 is 0 Å². The third kappa shape index (κ3) is 3.61. The molecule has 6 nitrogen and oxygen atoms in total. The van der Waals surface area contributed by atoms with Crippen LogP contribution in [0.1, 0.15) is 28.9 Å². The summed E-state index contributed by atoms with van der Waals surface area (Å²) < 4.78 is 2.40. The first-order valence-corrected chi connectivity index (χ1v) is 8.73. The van der Waals surface area contributed by atoms with Crippen LogP contribution in [0.2, 0.25) is 0 Å². The standard InChI is InChI=1S/C18H18BrN5O/c1-4-24-17(16(19)11(2)23-24)18(25)22-14-7-5-6-13(10-14)15-8-9-20-12(3)21-15/h5-10H,4H2,1-3H3,(H,22,25). The molecule has 0 aliphatic heterocycles. The number of halogens is 1. The second-order valence-corrected chi connectivity index (χ2v) is 6.38. The van der Waals surface area contributed by atoms with Crippen molar-refractivity contribution < 1.29 is 4.79 Å². The molecule has 7 heteroatoms. The zero-order valence-corrected chi connectivity index (χ0v) is 15.8. The average Bonchev–Trinajstić information content (AvgIpc) is 2.89. The molecule has 0 aliphatic rings. The van der Waals surface area contributed by atoms with Gasteiger partial charge in [0.1, 0.15) is 11.5 Å². The summed E-state index contributed by atoms with van der Waals surface area (Å²) in [6.45, 7) is 6.29. The molecule has 0 spiro atoms. The average molecular weight is 400 g/mol. The van der Waals surface area contributed by atoms with E-state index in [4.69, 9.17) is 0 Å². The molecule has 2 heterocycles. The normalized spacial score (nSPS) is 10.7. The lowest BCUT2D eigenvalue weighted by Gasteiger charge is -2.09. The van der Waals surface area contributed by atoms with Crippen LogP contribution in [-0.2, 0) is 6.54 Å². The van der Waals surface area contributed by atoms with Gasteiger partial charge < -0.3 is 5.32 Å². The maximum atomic E-state index is 12.7. The Balaban J connectivity index is 1.89. The fourth-order valence-corrected chi connectivity index (χ4v) is 3.03. The van der Waals surface area contributed by atoms with Crippen LogP contribution in [0.3, 0.4) is 0 Å². The molecule has 0 radical (unpaired) electrons. The number of rotatable bonds is 4. The highest BCUT2D eigenvalue weighted by atomic mass is 79.9. The summed E-state index contributed by atoms with van der Waals surface area (Å²) in [7, 11) is 0. The van der Waals surface area contributed by atoms with Gasteiger partial charge in [-0.3, -0.25) is 9.48 Å². The minimum Gasteiger partial charge on any atom is -0.321 e. The molecule has 3 aromatic rings. The quantitative estimate of drug-likeness (QED) is 0.719. The van der Waals surface area contributed by atoms with E-state index in [1.807, 2.05) is 51.1 Å². The Morgan fingerprint density at radius 3 is 2.80 bits per heavy atom. The van der Waals surface area contributed by atoms with Crippen LogP contribution >= 0.6 is 15.9 Å². The second kappa shape index (κ2) is 7.14. The van der Waals surface area contributed by atoms with Gasteiger partial charge in [-0.25, -0.2) is 9.97 Å². The van der Waals surface area contributed by atoms with E-state index < -0.39 is 0 Å². The summed E-state index contributed by atoms with van der Waals surface area (Å²) >= 11 is 3.45. The highest BCUT2D eigenvalue weighted by molar-refractivity contribution is 9.10. The molecule has 25 heavy (non-hydrogen) atoms. The third-order valence-electron chi connectivity index (χ3n) is 3.76. The van der Waals surface area contributed by atoms with Crippen molar-refractivity contribution in [3.05, 3.63) is 58.2 Å². The smallest absolute Gasteiger partial charge is 0.275 e. The summed E-state index contributed by atoms with van der Waals surface area (Å²) in [5.41, 5.74) is 3.74. The van der Waals surface area contributed by atoms with Crippen molar-refractivity contribution >= 4 is 27.5 Å². The number of amides is 1. The van der Waals surface area contributed by atoms with Gasteiger partial charge >= 0.3 is 0 Å². The summed E-state index contributed by atoms with van der Waals surface area (Å²) in [6.07, 6.45) is 1.72. The van der Waals surface area contributed by atoms with Gasteiger partial charge in [-0.15, -0.1) is 0 Å². The van der Waals surface area contributed by atoms with Crippen molar-refractivity contribution in [2.45, 2.75) is 27.3 Å². The lowest BCUT2D eigenvalue weighted by atomic mass is 10.1. The first-order chi connectivity index (χ1) is 12.0. The molecule has 2 aromatic heterocycles. The van der Waals surface area contributed by atoms with Crippen LogP contribution in [0, 0.1) is 13.8 Å². The van der Waals surface area contributed by atoms with Gasteiger partial charge in [0.25, 0.3) is 5.91 Å². The monoisotopic (exact) mass is 399 g/mol. The minimum atomic E-state index is -0.203. The summed E-state index contributed by atoms with van der Waals surface area (Å²) in [5, 5.41) is 7.30. The number of nitrogens with one attached hydrogen (secondary N) is 1. The fourth-order valence-electron chi connectivity index (χ4n) is 2.57. The zero-order chi connectivity index (χ0) is 18.0. The first kappa shape index (κ1) is 17.3. The van der Waals surface area contributed by atoms with Crippen molar-refractivity contribution in [2.75, 3.05) is 5.32 Å². The Labute approximate surface area is 154 Å². The lowest BCUT2D eigenvalue weighted by Crippen LogP contribution is -2.18. The van der Waals surface area contributed by atoms with Gasteiger partial charge in [-0.1, -0.05) is 12.1 Å². The zero-order valence-electron chi connectivity index (χ0n) is 14.2. The Bertz CT molecular complexity index is 935. The topological polar surface area (TPSA) is 72.7 Å². The fraction of sp³-hybridized carbons (Fsp3) is 0.222. The van der Waals surface area contributed by atoms with E-state index in [0.717, 1.165) is 21.4 Å². The summed E-state index contributed by atoms with van der Waals surface area (Å²) in [6, 6.07) is 9.43. The van der Waals surface area contributed by atoms with E-state index in [1.165, 1.54) is 0 Å². The third-order valence-corrected chi connectivity index (χ3v) is 4.71. The van der Waals surface area contributed by atoms with E-state index in [9.17, 15) is 4.79 Å². The SMILES string of the molecule is CCn1nc(C)c(Br)c1C(=O)Nc1cccc(-c2ccnc(C)n2)c1. The number of benzene rings is 1. The largest absolute Gasteiger partial charge is 0.321 e. The Morgan fingerprint density at radius 2 is 2.08 bits per heavy atom. The van der Waals surface area contributed by atoms with Gasteiger partial charge in [-0.05, 0) is 54.9 Å². The molecule has 0 bridgehead atoms. The van der Waals surface area contributed by atoms with E-state index in [1.54, 1.807) is 10.9 Å². The highest BCUT2D eigenvalue weighted by Gasteiger charge is 2.19. The number of nitrogens with zero attached hydrogens (tertiary/aromatic N) is 4. The molecule has 0 atom stereocenters. The summed E-state index contributed by atoms with van der Waals surface area (Å²) in [4.78, 5) is 21.2. The van der Waals surface area contributed by atoms with Crippen molar-refractivity contribution in [1.29, 1.82) is 0 Å². The number of carbonyl (C=O) groups excluding carboxylic acids is 1. The number of carbonyl (C=O) groups is 1. The van der Waals surface area contributed by atoms with Crippen molar-refractivity contribution in [3.8, 4) is 11.3 Å². The van der Waals surface area contributed by atoms with Crippen LogP contribution in [0.5, 0.6) is 0 Å². The van der Waals surface area contributed by atoms with Gasteiger partial charge in [0.05, 0.1) is 15.9 Å². The van der Waals surface area contributed by atoms with Crippen molar-refractivity contribution in [2.24, 2.45) is 0 Å². The molecule has 1 amide bonds. The first-order valence-electron chi connectivity index (χ1n) is 7.94. The molecular formula is C18H18BrN5O. The van der Waals surface area contributed by atoms with Gasteiger partial charge in [0.15, 0.2) is 0 Å². The van der Waals surface area contributed by atoms with Crippen LogP contribution in [0.15, 0.2) is 41.0 Å². The molecule has 0 saturated heterocycles. The molecule has 0 aliphatic carbocycles. The molecule has 0 fully saturated rings. The molecule has 3 rings (SSSR count). The van der Waals surface area contributed by atoms with E-state index in [-0.39, 0.29) is 5.91 Å². The highest BCUT2D eigenvalue weighted by Crippen LogP contribution is 2.24. The Morgan fingerprint density at radius 1 is 1.28 bits per heavy atom. The van der Waals surface area contributed by atoms with Gasteiger partial charge in [-0.2, -0.15) is 5.10 Å². The van der Waals surface area contributed by atoms with Gasteiger partial charge in [0, 0.05) is 24.0 Å². The van der Waals surface area contributed by atoms with Crippen molar-refractivity contribution in [3.63, 3.8) is 0 Å². The molecule has 1 N–H and O–H groups in total. The molecule has 1 aromatic carbocycles. The lowest BCUT2D eigenvalue weighted by molar-refractivity contribution is 0.101. The number of aromatic nitrogens is 4. The van der Waals surface area contributed by atoms with Gasteiger partial charge in [0.2, 0.25) is 0 Å². The summed E-state index contributed by atoms with van der Waals surface area (Å²) in [5.74, 6) is 0.503. The number of aryl methyl sites for hydroxylation is 3. The maximum Gasteiger partial charge on any atom is 0.275 e. The number of hydrogen-bond acceptors (Lipinski definition) is 4. The Hall–Kier alpha value is -2.54. The predicted molar refractivity (Wildman–Crippen MR) is 100 cm³/mol. The van der Waals surface area contributed by atoms with E-state index in [2.05, 4.69) is 36.3 Å². The molecule has 0 saturated carbocycles. The van der Waals surface area contributed by atoms with Crippen molar-refractivity contribution in [1.82, 2.24) is 19.7 Å². The molecule has 128 valence electrons.